The van der Waals surface area contributed by atoms with Crippen molar-refractivity contribution >= 4 is 5.91 Å². The lowest BCUT2D eigenvalue weighted by atomic mass is 10.1. The Kier molecular flexibility index (Phi) is 11.9. The highest BCUT2D eigenvalue weighted by Crippen LogP contribution is 2.29. The van der Waals surface area contributed by atoms with E-state index in [4.69, 9.17) is 0 Å². The highest BCUT2D eigenvalue weighted by atomic mass is 19.4. The first-order chi connectivity index (χ1) is 12.9. The molecule has 154 valence electrons. The molecular formula is C22H34F3NO. The van der Waals surface area contributed by atoms with Gasteiger partial charge in [0, 0.05) is 12.1 Å². The van der Waals surface area contributed by atoms with Gasteiger partial charge < -0.3 is 5.32 Å². The topological polar surface area (TPSA) is 29.1 Å². The van der Waals surface area contributed by atoms with Crippen LogP contribution >= 0.6 is 0 Å². The number of carbonyl (C=O) groups excluding carboxylic acids is 1. The highest BCUT2D eigenvalue weighted by Gasteiger charge is 2.30. The number of benzene rings is 1. The molecule has 1 N–H and O–H groups in total. The van der Waals surface area contributed by atoms with E-state index in [2.05, 4.69) is 12.2 Å². The SMILES string of the molecule is CCCCCCCCCCCCCCNC(=O)c1ccc(C(F)(F)F)cc1. The second-order valence-corrected chi connectivity index (χ2v) is 7.22. The van der Waals surface area contributed by atoms with Gasteiger partial charge in [-0.05, 0) is 30.7 Å². The van der Waals surface area contributed by atoms with Crippen molar-refractivity contribution in [1.82, 2.24) is 5.32 Å². The summed E-state index contributed by atoms with van der Waals surface area (Å²) in [5, 5.41) is 2.77. The second kappa shape index (κ2) is 13.6. The minimum Gasteiger partial charge on any atom is -0.352 e. The van der Waals surface area contributed by atoms with Crippen LogP contribution < -0.4 is 5.32 Å². The number of carbonyl (C=O) groups is 1. The molecular weight excluding hydrogens is 351 g/mol. The van der Waals surface area contributed by atoms with Crippen LogP contribution in [0, 0.1) is 0 Å². The molecule has 1 aromatic carbocycles. The quantitative estimate of drug-likeness (QED) is 0.339. The summed E-state index contributed by atoms with van der Waals surface area (Å²) >= 11 is 0. The summed E-state index contributed by atoms with van der Waals surface area (Å²) in [6.07, 6.45) is 10.7. The summed E-state index contributed by atoms with van der Waals surface area (Å²) in [6, 6.07) is 4.33. The Hall–Kier alpha value is -1.52. The van der Waals surface area contributed by atoms with Gasteiger partial charge in [0.2, 0.25) is 0 Å². The van der Waals surface area contributed by atoms with Gasteiger partial charge >= 0.3 is 6.18 Å². The van der Waals surface area contributed by atoms with Crippen LogP contribution in [-0.4, -0.2) is 12.5 Å². The van der Waals surface area contributed by atoms with Crippen molar-refractivity contribution in [3.8, 4) is 0 Å². The van der Waals surface area contributed by atoms with E-state index in [0.717, 1.165) is 25.0 Å². The summed E-state index contributed by atoms with van der Waals surface area (Å²) in [6.45, 7) is 2.80. The molecule has 0 spiro atoms. The molecule has 0 radical (unpaired) electrons. The van der Waals surface area contributed by atoms with Crippen molar-refractivity contribution < 1.29 is 18.0 Å². The summed E-state index contributed by atoms with van der Waals surface area (Å²) in [5.41, 5.74) is -0.470. The second-order valence-electron chi connectivity index (χ2n) is 7.22. The fourth-order valence-corrected chi connectivity index (χ4v) is 3.08. The fourth-order valence-electron chi connectivity index (χ4n) is 3.08. The van der Waals surface area contributed by atoms with E-state index in [-0.39, 0.29) is 11.5 Å². The van der Waals surface area contributed by atoms with Gasteiger partial charge in [-0.3, -0.25) is 4.79 Å². The Balaban J connectivity index is 1.99. The Morgan fingerprint density at radius 2 is 1.22 bits per heavy atom. The van der Waals surface area contributed by atoms with Crippen LogP contribution in [0.3, 0.4) is 0 Å². The number of nitrogens with one attached hydrogen (secondary N) is 1. The molecule has 0 atom stereocenters. The number of amides is 1. The van der Waals surface area contributed by atoms with E-state index in [1.165, 1.54) is 76.3 Å². The van der Waals surface area contributed by atoms with Crippen molar-refractivity contribution in [3.05, 3.63) is 35.4 Å². The Labute approximate surface area is 161 Å². The minimum absolute atomic E-state index is 0.266. The van der Waals surface area contributed by atoms with E-state index >= 15 is 0 Å². The molecule has 0 aliphatic heterocycles. The zero-order valence-corrected chi connectivity index (χ0v) is 16.5. The van der Waals surface area contributed by atoms with Crippen molar-refractivity contribution in [2.24, 2.45) is 0 Å². The average Bonchev–Trinajstić information content (AvgIpc) is 2.64. The molecule has 1 amide bonds. The van der Waals surface area contributed by atoms with Gasteiger partial charge in [-0.1, -0.05) is 77.6 Å². The number of rotatable bonds is 14. The lowest BCUT2D eigenvalue weighted by Crippen LogP contribution is -2.24. The van der Waals surface area contributed by atoms with Gasteiger partial charge in [-0.15, -0.1) is 0 Å². The van der Waals surface area contributed by atoms with Crippen molar-refractivity contribution in [2.75, 3.05) is 6.54 Å². The summed E-state index contributed by atoms with van der Waals surface area (Å²) in [5.74, 6) is -0.313. The lowest BCUT2D eigenvalue weighted by molar-refractivity contribution is -0.137. The van der Waals surface area contributed by atoms with Gasteiger partial charge in [-0.2, -0.15) is 13.2 Å². The molecule has 0 aliphatic rings. The van der Waals surface area contributed by atoms with Crippen LogP contribution in [0.2, 0.25) is 0 Å². The maximum absolute atomic E-state index is 12.5. The van der Waals surface area contributed by atoms with Gasteiger partial charge in [-0.25, -0.2) is 0 Å². The van der Waals surface area contributed by atoms with E-state index in [0.29, 0.717) is 6.54 Å². The maximum atomic E-state index is 12.5. The van der Waals surface area contributed by atoms with Gasteiger partial charge in [0.1, 0.15) is 0 Å². The molecule has 0 heterocycles. The molecule has 5 heteroatoms. The van der Waals surface area contributed by atoms with Crippen molar-refractivity contribution in [1.29, 1.82) is 0 Å². The molecule has 0 fully saturated rings. The van der Waals surface area contributed by atoms with Gasteiger partial charge in [0.25, 0.3) is 5.91 Å². The number of hydrogen-bond acceptors (Lipinski definition) is 1. The van der Waals surface area contributed by atoms with Crippen LogP contribution in [0.1, 0.15) is 99.9 Å². The number of hydrogen-bond donors (Lipinski definition) is 1. The minimum atomic E-state index is -4.37. The maximum Gasteiger partial charge on any atom is 0.416 e. The fraction of sp³-hybridized carbons (Fsp3) is 0.682. The van der Waals surface area contributed by atoms with Crippen molar-refractivity contribution in [2.45, 2.75) is 90.1 Å². The largest absolute Gasteiger partial charge is 0.416 e. The Morgan fingerprint density at radius 1 is 0.778 bits per heavy atom. The Bertz CT molecular complexity index is 511. The number of halogens is 3. The number of unbranched alkanes of at least 4 members (excludes halogenated alkanes) is 11. The molecule has 0 aromatic heterocycles. The predicted octanol–water partition coefficient (Wildman–Crippen LogP) is 7.14. The van der Waals surface area contributed by atoms with E-state index < -0.39 is 11.7 Å². The first-order valence-electron chi connectivity index (χ1n) is 10.4. The molecule has 0 bridgehead atoms. The summed E-state index contributed by atoms with van der Waals surface area (Å²) in [7, 11) is 0. The average molecular weight is 386 g/mol. The van der Waals surface area contributed by atoms with Crippen LogP contribution in [0.5, 0.6) is 0 Å². The van der Waals surface area contributed by atoms with Gasteiger partial charge in [0.15, 0.2) is 0 Å². The molecule has 0 saturated carbocycles. The molecule has 0 saturated heterocycles. The molecule has 0 aliphatic carbocycles. The third-order valence-electron chi connectivity index (χ3n) is 4.79. The standard InChI is InChI=1S/C22H34F3NO/c1-2-3-4-5-6-7-8-9-10-11-12-13-18-26-21(27)19-14-16-20(17-15-19)22(23,24)25/h14-17H,2-13,18H2,1H3,(H,26,27). The number of alkyl halides is 3. The van der Waals surface area contributed by atoms with E-state index in [1.807, 2.05) is 0 Å². The van der Waals surface area contributed by atoms with Crippen LogP contribution in [0.25, 0.3) is 0 Å². The first-order valence-corrected chi connectivity index (χ1v) is 10.4. The van der Waals surface area contributed by atoms with Crippen LogP contribution in [0.15, 0.2) is 24.3 Å². The monoisotopic (exact) mass is 385 g/mol. The first kappa shape index (κ1) is 23.5. The zero-order valence-electron chi connectivity index (χ0n) is 16.5. The molecule has 1 rings (SSSR count). The Morgan fingerprint density at radius 3 is 1.67 bits per heavy atom. The third-order valence-corrected chi connectivity index (χ3v) is 4.79. The zero-order chi connectivity index (χ0) is 20.0. The van der Waals surface area contributed by atoms with Crippen LogP contribution in [-0.2, 0) is 6.18 Å². The smallest absolute Gasteiger partial charge is 0.352 e. The van der Waals surface area contributed by atoms with Crippen LogP contribution in [0.4, 0.5) is 13.2 Å². The van der Waals surface area contributed by atoms with Crippen molar-refractivity contribution in [3.63, 3.8) is 0 Å². The normalized spacial score (nSPS) is 11.6. The lowest BCUT2D eigenvalue weighted by Gasteiger charge is -2.08. The molecule has 27 heavy (non-hydrogen) atoms. The molecule has 1 aromatic rings. The molecule has 2 nitrogen and oxygen atoms in total. The highest BCUT2D eigenvalue weighted by molar-refractivity contribution is 5.94. The van der Waals surface area contributed by atoms with E-state index in [9.17, 15) is 18.0 Å². The summed E-state index contributed by atoms with van der Waals surface area (Å²) in [4.78, 5) is 11.9. The van der Waals surface area contributed by atoms with Gasteiger partial charge in [0.05, 0.1) is 5.56 Å². The van der Waals surface area contributed by atoms with E-state index in [1.54, 1.807) is 0 Å². The summed E-state index contributed by atoms with van der Waals surface area (Å²) < 4.78 is 37.5. The predicted molar refractivity (Wildman–Crippen MR) is 105 cm³/mol. The third kappa shape index (κ3) is 11.0. The molecule has 0 unspecified atom stereocenters.